The topological polar surface area (TPSA) is 56.8 Å². The Labute approximate surface area is 163 Å². The number of hydrogen-bond acceptors (Lipinski definition) is 4. The number of carbonyl (C=O) groups is 1. The van der Waals surface area contributed by atoms with Crippen molar-refractivity contribution in [2.45, 2.75) is 24.9 Å². The Morgan fingerprint density at radius 3 is 2.61 bits per heavy atom. The Morgan fingerprint density at radius 2 is 1.71 bits per heavy atom. The third-order valence-corrected chi connectivity index (χ3v) is 5.40. The Kier molecular flexibility index (Phi) is 4.26. The molecule has 5 nitrogen and oxygen atoms in total. The normalized spacial score (nSPS) is 19.9. The molecule has 28 heavy (non-hydrogen) atoms. The summed E-state index contributed by atoms with van der Waals surface area (Å²) in [6.45, 7) is 1.47. The van der Waals surface area contributed by atoms with Crippen LogP contribution in [0, 0.1) is 0 Å². The molecule has 2 aliphatic rings. The summed E-state index contributed by atoms with van der Waals surface area (Å²) in [5.41, 5.74) is 1.93. The molecule has 5 heteroatoms. The highest BCUT2D eigenvalue weighted by Crippen LogP contribution is 2.45. The predicted molar refractivity (Wildman–Crippen MR) is 105 cm³/mol. The van der Waals surface area contributed by atoms with Gasteiger partial charge in [0.2, 0.25) is 5.79 Å². The van der Waals surface area contributed by atoms with E-state index in [4.69, 9.17) is 14.2 Å². The van der Waals surface area contributed by atoms with E-state index in [1.54, 1.807) is 0 Å². The summed E-state index contributed by atoms with van der Waals surface area (Å²) >= 11 is 0. The number of rotatable bonds is 3. The molecule has 3 aromatic rings. The molecule has 1 atom stereocenters. The Morgan fingerprint density at radius 1 is 0.964 bits per heavy atom. The molecule has 0 aliphatic carbocycles. The molecule has 142 valence electrons. The Balaban J connectivity index is 1.36. The fraction of sp³-hybridized carbons (Fsp3) is 0.261. The van der Waals surface area contributed by atoms with Crippen molar-refractivity contribution in [2.24, 2.45) is 0 Å². The van der Waals surface area contributed by atoms with Gasteiger partial charge in [-0.05, 0) is 28.5 Å². The maximum atomic E-state index is 12.9. The summed E-state index contributed by atoms with van der Waals surface area (Å²) in [6, 6.07) is 21.9. The molecule has 1 unspecified atom stereocenters. The van der Waals surface area contributed by atoms with Gasteiger partial charge in [0, 0.05) is 6.54 Å². The summed E-state index contributed by atoms with van der Waals surface area (Å²) in [6.07, 6.45) is -0.325. The van der Waals surface area contributed by atoms with Gasteiger partial charge in [-0.2, -0.15) is 0 Å². The van der Waals surface area contributed by atoms with Crippen molar-refractivity contribution in [2.75, 3.05) is 13.2 Å². The number of amides is 1. The average molecular weight is 375 g/mol. The van der Waals surface area contributed by atoms with Gasteiger partial charge < -0.3 is 19.5 Å². The lowest BCUT2D eigenvalue weighted by molar-refractivity contribution is -0.196. The summed E-state index contributed by atoms with van der Waals surface area (Å²) < 4.78 is 17.8. The highest BCUT2D eigenvalue weighted by molar-refractivity contribution is 5.87. The first-order chi connectivity index (χ1) is 13.8. The zero-order valence-electron chi connectivity index (χ0n) is 15.4. The maximum Gasteiger partial charge on any atom is 0.261 e. The van der Waals surface area contributed by atoms with Gasteiger partial charge in [-0.15, -0.1) is 0 Å². The molecule has 0 radical (unpaired) electrons. The molecule has 1 saturated heterocycles. The number of para-hydroxylation sites is 1. The molecule has 1 amide bonds. The summed E-state index contributed by atoms with van der Waals surface area (Å²) in [7, 11) is 0. The van der Waals surface area contributed by atoms with Gasteiger partial charge in [0.15, 0.2) is 6.10 Å². The van der Waals surface area contributed by atoms with Crippen LogP contribution in [0.3, 0.4) is 0 Å². The van der Waals surface area contributed by atoms with E-state index < -0.39 is 11.9 Å². The molecule has 1 fully saturated rings. The quantitative estimate of drug-likeness (QED) is 0.761. The van der Waals surface area contributed by atoms with Gasteiger partial charge in [-0.1, -0.05) is 54.6 Å². The summed E-state index contributed by atoms with van der Waals surface area (Å²) in [5, 5.41) is 5.32. The molecule has 5 rings (SSSR count). The fourth-order valence-corrected chi connectivity index (χ4v) is 4.05. The standard InChI is InChI=1S/C23H21NO4/c25-22(24-15-17-8-5-7-16-6-1-2-9-18(16)17)21-14-23(26-12-13-27-23)19-10-3-4-11-20(19)28-21/h1-11,21H,12-15H2,(H,24,25). The van der Waals surface area contributed by atoms with Gasteiger partial charge in [-0.25, -0.2) is 0 Å². The van der Waals surface area contributed by atoms with Crippen LogP contribution in [0.4, 0.5) is 0 Å². The first-order valence-electron chi connectivity index (χ1n) is 9.54. The lowest BCUT2D eigenvalue weighted by Gasteiger charge is -2.37. The van der Waals surface area contributed by atoms with Crippen LogP contribution in [-0.2, 0) is 26.6 Å². The van der Waals surface area contributed by atoms with Crippen molar-refractivity contribution in [1.29, 1.82) is 0 Å². The van der Waals surface area contributed by atoms with E-state index in [2.05, 4.69) is 23.5 Å². The Hall–Kier alpha value is -2.89. The second-order valence-corrected chi connectivity index (χ2v) is 7.11. The van der Waals surface area contributed by atoms with Gasteiger partial charge >= 0.3 is 0 Å². The number of ether oxygens (including phenoxy) is 3. The number of benzene rings is 3. The molecule has 1 N–H and O–H groups in total. The first-order valence-corrected chi connectivity index (χ1v) is 9.54. The molecule has 0 saturated carbocycles. The predicted octanol–water partition coefficient (Wildman–Crippen LogP) is 3.51. The fourth-order valence-electron chi connectivity index (χ4n) is 4.05. The van der Waals surface area contributed by atoms with Crippen LogP contribution in [0.1, 0.15) is 17.5 Å². The lowest BCUT2D eigenvalue weighted by atomic mass is 9.94. The molecule has 2 aliphatic heterocycles. The van der Waals surface area contributed by atoms with Crippen LogP contribution in [0.5, 0.6) is 5.75 Å². The van der Waals surface area contributed by atoms with Crippen molar-refractivity contribution < 1.29 is 19.0 Å². The molecule has 0 bridgehead atoms. The van der Waals surface area contributed by atoms with Crippen LogP contribution in [0.15, 0.2) is 66.7 Å². The second-order valence-electron chi connectivity index (χ2n) is 7.11. The lowest BCUT2D eigenvalue weighted by Crippen LogP contribution is -2.47. The van der Waals surface area contributed by atoms with Gasteiger partial charge in [0.1, 0.15) is 5.75 Å². The van der Waals surface area contributed by atoms with Gasteiger partial charge in [0.25, 0.3) is 5.91 Å². The SMILES string of the molecule is O=C(NCc1cccc2ccccc12)C1CC2(OCCO2)c2ccccc2O1. The van der Waals surface area contributed by atoms with E-state index in [0.29, 0.717) is 31.9 Å². The van der Waals surface area contributed by atoms with Gasteiger partial charge in [0.05, 0.1) is 25.2 Å². The van der Waals surface area contributed by atoms with Crippen LogP contribution in [0.25, 0.3) is 10.8 Å². The maximum absolute atomic E-state index is 12.9. The van der Waals surface area contributed by atoms with Crippen molar-refractivity contribution in [1.82, 2.24) is 5.32 Å². The Bertz CT molecular complexity index is 1020. The average Bonchev–Trinajstić information content (AvgIpc) is 3.20. The van der Waals surface area contributed by atoms with E-state index in [1.807, 2.05) is 48.5 Å². The third kappa shape index (κ3) is 2.93. The minimum atomic E-state index is -0.893. The minimum Gasteiger partial charge on any atom is -0.480 e. The molecule has 2 heterocycles. The molecule has 0 aromatic heterocycles. The summed E-state index contributed by atoms with van der Waals surface area (Å²) in [5.74, 6) is -0.419. The van der Waals surface area contributed by atoms with Crippen molar-refractivity contribution in [3.8, 4) is 5.75 Å². The molecule has 3 aromatic carbocycles. The van der Waals surface area contributed by atoms with E-state index in [0.717, 1.165) is 21.9 Å². The number of carbonyl (C=O) groups excluding carboxylic acids is 1. The van der Waals surface area contributed by atoms with E-state index >= 15 is 0 Å². The molecular weight excluding hydrogens is 354 g/mol. The van der Waals surface area contributed by atoms with E-state index in [-0.39, 0.29) is 5.91 Å². The van der Waals surface area contributed by atoms with Crippen molar-refractivity contribution in [3.05, 3.63) is 77.9 Å². The van der Waals surface area contributed by atoms with Crippen LogP contribution in [-0.4, -0.2) is 25.2 Å². The number of fused-ring (bicyclic) bond motifs is 3. The minimum absolute atomic E-state index is 0.166. The molecule has 1 spiro atoms. The smallest absolute Gasteiger partial charge is 0.261 e. The largest absolute Gasteiger partial charge is 0.480 e. The summed E-state index contributed by atoms with van der Waals surface area (Å²) in [4.78, 5) is 12.9. The van der Waals surface area contributed by atoms with E-state index in [1.165, 1.54) is 0 Å². The van der Waals surface area contributed by atoms with Crippen molar-refractivity contribution in [3.63, 3.8) is 0 Å². The molecular formula is C23H21NO4. The van der Waals surface area contributed by atoms with Crippen LogP contribution < -0.4 is 10.1 Å². The zero-order chi connectivity index (χ0) is 19.0. The third-order valence-electron chi connectivity index (χ3n) is 5.40. The van der Waals surface area contributed by atoms with Crippen LogP contribution in [0.2, 0.25) is 0 Å². The monoisotopic (exact) mass is 375 g/mol. The zero-order valence-corrected chi connectivity index (χ0v) is 15.4. The number of nitrogens with one attached hydrogen (secondary N) is 1. The highest BCUT2D eigenvalue weighted by Gasteiger charge is 2.48. The number of hydrogen-bond donors (Lipinski definition) is 1. The van der Waals surface area contributed by atoms with Crippen LogP contribution >= 0.6 is 0 Å². The highest BCUT2D eigenvalue weighted by atomic mass is 16.7. The van der Waals surface area contributed by atoms with E-state index in [9.17, 15) is 4.79 Å². The van der Waals surface area contributed by atoms with Gasteiger partial charge in [-0.3, -0.25) is 4.79 Å². The first kappa shape index (κ1) is 17.2. The van der Waals surface area contributed by atoms with Crippen molar-refractivity contribution >= 4 is 16.7 Å². The second kappa shape index (κ2) is 6.93.